The predicted octanol–water partition coefficient (Wildman–Crippen LogP) is -1.94. The highest BCUT2D eigenvalue weighted by molar-refractivity contribution is 5.84. The number of hydrogen-bond acceptors (Lipinski definition) is 6. The smallest absolute Gasteiger partial charge is 0.370 e. The molecule has 0 aliphatic carbocycles. The molecular weight excluding hydrogens is 232 g/mol. The van der Waals surface area contributed by atoms with Crippen LogP contribution in [0.25, 0.3) is 0 Å². The second-order valence-corrected chi connectivity index (χ2v) is 4.01. The predicted molar refractivity (Wildman–Crippen MR) is 54.9 cm³/mol. The molecule has 0 saturated heterocycles. The Kier molecular flexibility index (Phi) is 4.47. The Hall–Kier alpha value is -1.15. The maximum atomic E-state index is 10.7. The average molecular weight is 248 g/mol. The zero-order chi connectivity index (χ0) is 13.2. The van der Waals surface area contributed by atoms with Gasteiger partial charge in [-0.15, -0.1) is 0 Å². The van der Waals surface area contributed by atoms with Crippen LogP contribution in [0.4, 0.5) is 0 Å². The molecule has 7 heteroatoms. The highest BCUT2D eigenvalue weighted by Crippen LogP contribution is 2.26. The van der Waals surface area contributed by atoms with E-state index < -0.39 is 48.7 Å². The van der Waals surface area contributed by atoms with Crippen molar-refractivity contribution in [2.24, 2.45) is 5.92 Å². The summed E-state index contributed by atoms with van der Waals surface area (Å²) in [7, 11) is 0. The second-order valence-electron chi connectivity index (χ2n) is 4.01. The first-order valence-electron chi connectivity index (χ1n) is 5.15. The molecule has 1 rings (SSSR count). The minimum absolute atomic E-state index is 0.482. The van der Waals surface area contributed by atoms with E-state index in [1.807, 2.05) is 0 Å². The Bertz CT molecular complexity index is 314. The Balaban J connectivity index is 2.87. The number of carboxylic acids is 1. The van der Waals surface area contributed by atoms with Crippen molar-refractivity contribution in [1.29, 1.82) is 0 Å². The molecule has 1 heterocycles. The molecule has 0 saturated carbocycles. The van der Waals surface area contributed by atoms with Crippen LogP contribution in [0.5, 0.6) is 0 Å². The van der Waals surface area contributed by atoms with Gasteiger partial charge >= 0.3 is 5.97 Å². The van der Waals surface area contributed by atoms with Crippen molar-refractivity contribution >= 4 is 5.97 Å². The summed E-state index contributed by atoms with van der Waals surface area (Å²) in [6.45, 7) is 0.855. The molecule has 0 fully saturated rings. The second kappa shape index (κ2) is 5.46. The van der Waals surface area contributed by atoms with Crippen LogP contribution in [0.2, 0.25) is 0 Å². The maximum Gasteiger partial charge on any atom is 0.370 e. The minimum Gasteiger partial charge on any atom is -0.480 e. The summed E-state index contributed by atoms with van der Waals surface area (Å²) < 4.78 is 5.00. The number of aliphatic carboxylic acids is 1. The normalized spacial score (nSPS) is 32.3. The molecule has 0 aromatic rings. The number of carboxylic acid groups (broad SMARTS) is 1. The lowest BCUT2D eigenvalue weighted by Gasteiger charge is -2.36. The standard InChI is InChI=1S/C10H16O7/c1-4-5(12)2-7(10(15)16)17-9(4)8(14)6(13)3-11/h2,4-6,8-9,11-14H,3H2,1H3,(H,15,16)/t4-,5-,6+,8+,9-/m1/s1. The molecule has 5 N–H and O–H groups in total. The van der Waals surface area contributed by atoms with E-state index >= 15 is 0 Å². The van der Waals surface area contributed by atoms with Gasteiger partial charge in [0.2, 0.25) is 5.76 Å². The molecule has 0 radical (unpaired) electrons. The molecule has 1 aliphatic rings. The number of aliphatic hydroxyl groups is 4. The monoisotopic (exact) mass is 248 g/mol. The first kappa shape index (κ1) is 13.9. The zero-order valence-corrected chi connectivity index (χ0v) is 9.22. The van der Waals surface area contributed by atoms with Crippen LogP contribution in [-0.2, 0) is 9.53 Å². The van der Waals surface area contributed by atoms with Crippen LogP contribution in [-0.4, -0.2) is 62.5 Å². The lowest BCUT2D eigenvalue weighted by Crippen LogP contribution is -2.49. The van der Waals surface area contributed by atoms with Gasteiger partial charge in [0.15, 0.2) is 0 Å². The van der Waals surface area contributed by atoms with Crippen LogP contribution in [0, 0.1) is 5.92 Å². The Morgan fingerprint density at radius 1 is 1.53 bits per heavy atom. The van der Waals surface area contributed by atoms with Crippen molar-refractivity contribution < 1.29 is 35.1 Å². The van der Waals surface area contributed by atoms with Gasteiger partial charge in [-0.05, 0) is 6.08 Å². The lowest BCUT2D eigenvalue weighted by atomic mass is 9.89. The lowest BCUT2D eigenvalue weighted by molar-refractivity contribution is -0.151. The quantitative estimate of drug-likeness (QED) is 0.392. The molecule has 7 nitrogen and oxygen atoms in total. The third-order valence-corrected chi connectivity index (χ3v) is 2.77. The maximum absolute atomic E-state index is 10.7. The first-order valence-corrected chi connectivity index (χ1v) is 5.15. The van der Waals surface area contributed by atoms with Crippen molar-refractivity contribution in [2.75, 3.05) is 6.61 Å². The van der Waals surface area contributed by atoms with E-state index in [-0.39, 0.29) is 0 Å². The molecule has 17 heavy (non-hydrogen) atoms. The summed E-state index contributed by atoms with van der Waals surface area (Å²) in [4.78, 5) is 10.7. The topological polar surface area (TPSA) is 127 Å². The van der Waals surface area contributed by atoms with Gasteiger partial charge in [0.25, 0.3) is 0 Å². The third-order valence-electron chi connectivity index (χ3n) is 2.77. The van der Waals surface area contributed by atoms with E-state index in [0.717, 1.165) is 6.08 Å². The van der Waals surface area contributed by atoms with Gasteiger partial charge in [-0.2, -0.15) is 0 Å². The van der Waals surface area contributed by atoms with Crippen LogP contribution >= 0.6 is 0 Å². The van der Waals surface area contributed by atoms with Gasteiger partial charge in [0.05, 0.1) is 12.7 Å². The third kappa shape index (κ3) is 2.95. The van der Waals surface area contributed by atoms with Crippen molar-refractivity contribution in [3.63, 3.8) is 0 Å². The summed E-state index contributed by atoms with van der Waals surface area (Å²) in [5, 5.41) is 46.0. The SMILES string of the molecule is C[C@H]1[C@H]([C@@H](O)[C@@H](O)CO)OC(C(=O)O)=C[C@H]1O. The van der Waals surface area contributed by atoms with E-state index in [2.05, 4.69) is 0 Å². The van der Waals surface area contributed by atoms with Crippen LogP contribution in [0.3, 0.4) is 0 Å². The largest absolute Gasteiger partial charge is 0.480 e. The van der Waals surface area contributed by atoms with Crippen molar-refractivity contribution in [2.45, 2.75) is 31.3 Å². The summed E-state index contributed by atoms with van der Waals surface area (Å²) in [6, 6.07) is 0. The Morgan fingerprint density at radius 3 is 2.59 bits per heavy atom. The Morgan fingerprint density at radius 2 is 2.12 bits per heavy atom. The fourth-order valence-corrected chi connectivity index (χ4v) is 1.62. The Labute approximate surface area is 97.6 Å². The summed E-state index contributed by atoms with van der Waals surface area (Å²) in [5.41, 5.74) is 0. The molecule has 0 aromatic heterocycles. The highest BCUT2D eigenvalue weighted by Gasteiger charge is 2.39. The number of hydrogen-bond donors (Lipinski definition) is 5. The molecule has 0 spiro atoms. The van der Waals surface area contributed by atoms with Crippen molar-refractivity contribution in [1.82, 2.24) is 0 Å². The van der Waals surface area contributed by atoms with Gasteiger partial charge < -0.3 is 30.3 Å². The summed E-state index contributed by atoms with van der Waals surface area (Å²) in [6.07, 6.45) is -4.10. The molecule has 1 aliphatic heterocycles. The van der Waals surface area contributed by atoms with Crippen LogP contribution in [0.1, 0.15) is 6.92 Å². The first-order chi connectivity index (χ1) is 7.88. The number of rotatable bonds is 4. The fraction of sp³-hybridized carbons (Fsp3) is 0.700. The van der Waals surface area contributed by atoms with E-state index in [1.165, 1.54) is 6.92 Å². The average Bonchev–Trinajstić information content (AvgIpc) is 2.30. The number of aliphatic hydroxyl groups excluding tert-OH is 4. The fourth-order valence-electron chi connectivity index (χ4n) is 1.62. The highest BCUT2D eigenvalue weighted by atomic mass is 16.5. The number of carbonyl (C=O) groups is 1. The van der Waals surface area contributed by atoms with Gasteiger partial charge in [-0.1, -0.05) is 6.92 Å². The van der Waals surface area contributed by atoms with Crippen molar-refractivity contribution in [3.8, 4) is 0 Å². The van der Waals surface area contributed by atoms with E-state index in [0.29, 0.717) is 0 Å². The molecule has 0 amide bonds. The van der Waals surface area contributed by atoms with E-state index in [9.17, 15) is 20.1 Å². The van der Waals surface area contributed by atoms with Crippen LogP contribution in [0.15, 0.2) is 11.8 Å². The molecule has 0 bridgehead atoms. The van der Waals surface area contributed by atoms with Gasteiger partial charge in [0.1, 0.15) is 18.3 Å². The molecule has 0 unspecified atom stereocenters. The summed E-state index contributed by atoms with van der Waals surface area (Å²) >= 11 is 0. The van der Waals surface area contributed by atoms with E-state index in [1.54, 1.807) is 0 Å². The number of ether oxygens (including phenoxy) is 1. The minimum atomic E-state index is -1.48. The van der Waals surface area contributed by atoms with E-state index in [4.69, 9.17) is 14.9 Å². The van der Waals surface area contributed by atoms with Gasteiger partial charge in [0, 0.05) is 5.92 Å². The zero-order valence-electron chi connectivity index (χ0n) is 9.22. The summed E-state index contributed by atoms with van der Waals surface area (Å²) in [5.74, 6) is -2.45. The molecular formula is C10H16O7. The van der Waals surface area contributed by atoms with Gasteiger partial charge in [-0.3, -0.25) is 0 Å². The van der Waals surface area contributed by atoms with Crippen molar-refractivity contribution in [3.05, 3.63) is 11.8 Å². The van der Waals surface area contributed by atoms with Gasteiger partial charge in [-0.25, -0.2) is 4.79 Å². The van der Waals surface area contributed by atoms with Crippen LogP contribution < -0.4 is 0 Å². The molecule has 5 atom stereocenters. The molecule has 0 aromatic carbocycles. The molecule has 98 valence electrons.